The number of carbonyl (C=O) groups is 1. The summed E-state index contributed by atoms with van der Waals surface area (Å²) in [6.07, 6.45) is 6.17. The van der Waals surface area contributed by atoms with Gasteiger partial charge in [0, 0.05) is 26.7 Å². The number of hydrogen-bond donors (Lipinski definition) is 1. The van der Waals surface area contributed by atoms with E-state index in [4.69, 9.17) is 4.74 Å². The fourth-order valence-corrected chi connectivity index (χ4v) is 1.98. The molecule has 0 saturated carbocycles. The molecule has 0 unspecified atom stereocenters. The van der Waals surface area contributed by atoms with Gasteiger partial charge in [-0.25, -0.2) is 0 Å². The monoisotopic (exact) mass is 228 g/mol. The molecule has 1 amide bonds. The van der Waals surface area contributed by atoms with Gasteiger partial charge in [0.05, 0.1) is 13.2 Å². The van der Waals surface area contributed by atoms with Gasteiger partial charge in [0.25, 0.3) is 0 Å². The van der Waals surface area contributed by atoms with Crippen LogP contribution in [0.15, 0.2) is 0 Å². The Morgan fingerprint density at radius 1 is 1.19 bits per heavy atom. The van der Waals surface area contributed by atoms with Crippen molar-refractivity contribution in [1.82, 2.24) is 10.2 Å². The van der Waals surface area contributed by atoms with Crippen molar-refractivity contribution in [2.24, 2.45) is 0 Å². The summed E-state index contributed by atoms with van der Waals surface area (Å²) in [5.74, 6) is 0.234. The minimum absolute atomic E-state index is 0.234. The summed E-state index contributed by atoms with van der Waals surface area (Å²) in [7, 11) is 1.67. The minimum atomic E-state index is 0.234. The molecule has 0 aromatic rings. The van der Waals surface area contributed by atoms with Gasteiger partial charge in [0.1, 0.15) is 0 Å². The Hall–Kier alpha value is -0.610. The maximum Gasteiger partial charge on any atom is 0.236 e. The van der Waals surface area contributed by atoms with Gasteiger partial charge in [-0.2, -0.15) is 0 Å². The van der Waals surface area contributed by atoms with Crippen LogP contribution in [0.4, 0.5) is 0 Å². The second-order valence-electron chi connectivity index (χ2n) is 4.32. The third kappa shape index (κ3) is 5.47. The first-order valence-electron chi connectivity index (χ1n) is 6.32. The third-order valence-corrected chi connectivity index (χ3v) is 2.97. The SMILES string of the molecule is COCCNCC(=O)N1CCCCCCC1. The zero-order chi connectivity index (χ0) is 11.6. The molecule has 4 heteroatoms. The topological polar surface area (TPSA) is 41.6 Å². The summed E-state index contributed by atoms with van der Waals surface area (Å²) in [6.45, 7) is 3.72. The van der Waals surface area contributed by atoms with Crippen LogP contribution in [0.3, 0.4) is 0 Å². The smallest absolute Gasteiger partial charge is 0.236 e. The van der Waals surface area contributed by atoms with Crippen LogP contribution in [-0.4, -0.2) is 50.7 Å². The van der Waals surface area contributed by atoms with Crippen LogP contribution in [0.25, 0.3) is 0 Å². The Bertz CT molecular complexity index is 189. The molecule has 0 aliphatic carbocycles. The first kappa shape index (κ1) is 13.5. The van der Waals surface area contributed by atoms with Crippen LogP contribution in [0.2, 0.25) is 0 Å². The van der Waals surface area contributed by atoms with Crippen LogP contribution in [0, 0.1) is 0 Å². The van der Waals surface area contributed by atoms with Crippen molar-refractivity contribution < 1.29 is 9.53 Å². The fraction of sp³-hybridized carbons (Fsp3) is 0.917. The second-order valence-corrected chi connectivity index (χ2v) is 4.32. The first-order valence-corrected chi connectivity index (χ1v) is 6.32. The summed E-state index contributed by atoms with van der Waals surface area (Å²) in [5.41, 5.74) is 0. The average Bonchev–Trinajstić information content (AvgIpc) is 2.23. The quantitative estimate of drug-likeness (QED) is 0.714. The van der Waals surface area contributed by atoms with Gasteiger partial charge in [-0.1, -0.05) is 19.3 Å². The van der Waals surface area contributed by atoms with Crippen molar-refractivity contribution in [2.75, 3.05) is 39.9 Å². The molecular formula is C12H24N2O2. The molecule has 0 bridgehead atoms. The number of carbonyl (C=O) groups excluding carboxylic acids is 1. The zero-order valence-corrected chi connectivity index (χ0v) is 10.3. The normalized spacial score (nSPS) is 17.9. The number of methoxy groups -OCH3 is 1. The summed E-state index contributed by atoms with van der Waals surface area (Å²) < 4.78 is 4.92. The predicted octanol–water partition coefficient (Wildman–Crippen LogP) is 1.02. The summed E-state index contributed by atoms with van der Waals surface area (Å²) in [6, 6.07) is 0. The van der Waals surface area contributed by atoms with E-state index in [1.165, 1.54) is 19.3 Å². The van der Waals surface area contributed by atoms with Crippen molar-refractivity contribution in [3.05, 3.63) is 0 Å². The Morgan fingerprint density at radius 2 is 1.81 bits per heavy atom. The lowest BCUT2D eigenvalue weighted by Gasteiger charge is -2.24. The van der Waals surface area contributed by atoms with Crippen LogP contribution in [0.5, 0.6) is 0 Å². The lowest BCUT2D eigenvalue weighted by molar-refractivity contribution is -0.130. The van der Waals surface area contributed by atoms with Gasteiger partial charge < -0.3 is 15.0 Å². The van der Waals surface area contributed by atoms with Crippen LogP contribution in [0.1, 0.15) is 32.1 Å². The summed E-state index contributed by atoms with van der Waals surface area (Å²) >= 11 is 0. The van der Waals surface area contributed by atoms with E-state index in [2.05, 4.69) is 5.32 Å². The molecule has 1 saturated heterocycles. The molecule has 1 heterocycles. The van der Waals surface area contributed by atoms with Crippen LogP contribution < -0.4 is 5.32 Å². The van der Waals surface area contributed by atoms with Gasteiger partial charge in [-0.05, 0) is 12.8 Å². The van der Waals surface area contributed by atoms with Crippen LogP contribution >= 0.6 is 0 Å². The molecule has 1 N–H and O–H groups in total. The Balaban J connectivity index is 2.17. The van der Waals surface area contributed by atoms with E-state index in [9.17, 15) is 4.79 Å². The number of amides is 1. The Kier molecular flexibility index (Phi) is 7.17. The zero-order valence-electron chi connectivity index (χ0n) is 10.3. The van der Waals surface area contributed by atoms with Gasteiger partial charge in [0.15, 0.2) is 0 Å². The molecule has 1 aliphatic rings. The molecule has 0 aromatic heterocycles. The molecule has 1 aliphatic heterocycles. The third-order valence-electron chi connectivity index (χ3n) is 2.97. The number of nitrogens with one attached hydrogen (secondary N) is 1. The van der Waals surface area contributed by atoms with Gasteiger partial charge in [-0.3, -0.25) is 4.79 Å². The highest BCUT2D eigenvalue weighted by Crippen LogP contribution is 2.10. The summed E-state index contributed by atoms with van der Waals surface area (Å²) in [5, 5.41) is 3.10. The maximum absolute atomic E-state index is 11.8. The van der Waals surface area contributed by atoms with Crippen molar-refractivity contribution >= 4 is 5.91 Å². The molecule has 0 spiro atoms. The van der Waals surface area contributed by atoms with Gasteiger partial charge >= 0.3 is 0 Å². The molecule has 1 rings (SSSR count). The number of nitrogens with zero attached hydrogens (tertiary/aromatic N) is 1. The maximum atomic E-state index is 11.8. The lowest BCUT2D eigenvalue weighted by atomic mass is 10.1. The molecule has 0 atom stereocenters. The largest absolute Gasteiger partial charge is 0.383 e. The molecule has 1 fully saturated rings. The molecule has 0 radical (unpaired) electrons. The lowest BCUT2D eigenvalue weighted by Crippen LogP contribution is -2.40. The molecule has 16 heavy (non-hydrogen) atoms. The van der Waals surface area contributed by atoms with Crippen molar-refractivity contribution in [3.8, 4) is 0 Å². The standard InChI is InChI=1S/C12H24N2O2/c1-16-10-7-13-11-12(15)14-8-5-3-2-4-6-9-14/h13H,2-11H2,1H3. The van der Waals surface area contributed by atoms with E-state index in [-0.39, 0.29) is 5.91 Å². The number of hydrogen-bond acceptors (Lipinski definition) is 3. The van der Waals surface area contributed by atoms with E-state index < -0.39 is 0 Å². The van der Waals surface area contributed by atoms with E-state index in [1.807, 2.05) is 4.90 Å². The second kappa shape index (κ2) is 8.53. The molecule has 94 valence electrons. The van der Waals surface area contributed by atoms with Gasteiger partial charge in [-0.15, -0.1) is 0 Å². The highest BCUT2D eigenvalue weighted by Gasteiger charge is 2.13. The molecule has 4 nitrogen and oxygen atoms in total. The van der Waals surface area contributed by atoms with E-state index >= 15 is 0 Å². The van der Waals surface area contributed by atoms with Crippen molar-refractivity contribution in [1.29, 1.82) is 0 Å². The number of rotatable bonds is 5. The Morgan fingerprint density at radius 3 is 2.44 bits per heavy atom. The first-order chi connectivity index (χ1) is 7.84. The van der Waals surface area contributed by atoms with Crippen LogP contribution in [-0.2, 0) is 9.53 Å². The van der Waals surface area contributed by atoms with Crippen molar-refractivity contribution in [3.63, 3.8) is 0 Å². The molecular weight excluding hydrogens is 204 g/mol. The van der Waals surface area contributed by atoms with E-state index in [0.717, 1.165) is 32.5 Å². The Labute approximate surface area is 98.3 Å². The fourth-order valence-electron chi connectivity index (χ4n) is 1.98. The van der Waals surface area contributed by atoms with E-state index in [1.54, 1.807) is 7.11 Å². The van der Waals surface area contributed by atoms with E-state index in [0.29, 0.717) is 13.2 Å². The summed E-state index contributed by atoms with van der Waals surface area (Å²) in [4.78, 5) is 13.8. The predicted molar refractivity (Wildman–Crippen MR) is 64.4 cm³/mol. The molecule has 0 aromatic carbocycles. The minimum Gasteiger partial charge on any atom is -0.383 e. The highest BCUT2D eigenvalue weighted by atomic mass is 16.5. The number of likely N-dealkylation sites (tertiary alicyclic amines) is 1. The number of ether oxygens (including phenoxy) is 1. The highest BCUT2D eigenvalue weighted by molar-refractivity contribution is 5.78. The van der Waals surface area contributed by atoms with Crippen molar-refractivity contribution in [2.45, 2.75) is 32.1 Å². The average molecular weight is 228 g/mol. The van der Waals surface area contributed by atoms with Gasteiger partial charge in [0.2, 0.25) is 5.91 Å².